The van der Waals surface area contributed by atoms with Gasteiger partial charge < -0.3 is 4.74 Å². The highest BCUT2D eigenvalue weighted by Crippen LogP contribution is 2.28. The summed E-state index contributed by atoms with van der Waals surface area (Å²) < 4.78 is 31.5. The number of nitro groups is 1. The van der Waals surface area contributed by atoms with Crippen molar-refractivity contribution in [1.82, 2.24) is 4.72 Å². The Kier molecular flexibility index (Phi) is 5.01. The molecule has 0 radical (unpaired) electrons. The molecule has 0 aromatic heterocycles. The molecule has 1 aromatic rings. The Morgan fingerprint density at radius 2 is 2.20 bits per heavy atom. The molecule has 0 aliphatic rings. The van der Waals surface area contributed by atoms with Crippen LogP contribution in [0, 0.1) is 21.4 Å². The largest absolute Gasteiger partial charge is 0.495 e. The van der Waals surface area contributed by atoms with Crippen molar-refractivity contribution >= 4 is 15.7 Å². The van der Waals surface area contributed by atoms with Crippen molar-refractivity contribution in [3.05, 3.63) is 28.3 Å². The lowest BCUT2D eigenvalue weighted by Crippen LogP contribution is -2.32. The average Bonchev–Trinajstić information content (AvgIpc) is 2.37. The molecule has 0 saturated heterocycles. The van der Waals surface area contributed by atoms with Gasteiger partial charge in [-0.15, -0.1) is 0 Å². The SMILES string of the molecule is COc1ccc([N+](=O)[O-])cc1S(=O)(=O)NC(C)CC#N. The quantitative estimate of drug-likeness (QED) is 0.621. The number of ether oxygens (including phenoxy) is 1. The predicted molar refractivity (Wildman–Crippen MR) is 69.7 cm³/mol. The number of benzene rings is 1. The second-order valence-corrected chi connectivity index (χ2v) is 5.66. The lowest BCUT2D eigenvalue weighted by atomic mass is 10.3. The van der Waals surface area contributed by atoms with E-state index in [0.717, 1.165) is 12.1 Å². The number of rotatable bonds is 6. The summed E-state index contributed by atoms with van der Waals surface area (Å²) in [7, 11) is -2.75. The van der Waals surface area contributed by atoms with Gasteiger partial charge in [0.1, 0.15) is 10.6 Å². The van der Waals surface area contributed by atoms with Gasteiger partial charge in [0, 0.05) is 18.2 Å². The number of nitro benzene ring substituents is 1. The number of hydrogen-bond acceptors (Lipinski definition) is 6. The molecule has 0 bridgehead atoms. The first-order valence-corrected chi connectivity index (χ1v) is 7.02. The first-order valence-electron chi connectivity index (χ1n) is 5.53. The highest BCUT2D eigenvalue weighted by atomic mass is 32.2. The lowest BCUT2D eigenvalue weighted by Gasteiger charge is -2.13. The summed E-state index contributed by atoms with van der Waals surface area (Å²) >= 11 is 0. The zero-order valence-electron chi connectivity index (χ0n) is 10.9. The van der Waals surface area contributed by atoms with Crippen LogP contribution in [-0.4, -0.2) is 26.5 Å². The smallest absolute Gasteiger partial charge is 0.271 e. The van der Waals surface area contributed by atoms with Crippen LogP contribution in [0.25, 0.3) is 0 Å². The number of non-ortho nitro benzene ring substituents is 1. The van der Waals surface area contributed by atoms with Crippen molar-refractivity contribution in [2.45, 2.75) is 24.3 Å². The van der Waals surface area contributed by atoms with Gasteiger partial charge in [0.05, 0.1) is 24.5 Å². The number of methoxy groups -OCH3 is 1. The summed E-state index contributed by atoms with van der Waals surface area (Å²) in [5.74, 6) is -0.00717. The molecule has 1 aromatic carbocycles. The van der Waals surface area contributed by atoms with Crippen LogP contribution in [0.1, 0.15) is 13.3 Å². The third-order valence-corrected chi connectivity index (χ3v) is 4.01. The second kappa shape index (κ2) is 6.31. The fourth-order valence-electron chi connectivity index (χ4n) is 1.50. The number of nitrogens with one attached hydrogen (secondary N) is 1. The van der Waals surface area contributed by atoms with E-state index < -0.39 is 21.0 Å². The Morgan fingerprint density at radius 1 is 1.55 bits per heavy atom. The summed E-state index contributed by atoms with van der Waals surface area (Å²) in [6.07, 6.45) is -0.0174. The first-order chi connectivity index (χ1) is 9.31. The van der Waals surface area contributed by atoms with E-state index in [9.17, 15) is 18.5 Å². The minimum atomic E-state index is -4.01. The Balaban J connectivity index is 3.25. The van der Waals surface area contributed by atoms with Crippen LogP contribution in [-0.2, 0) is 10.0 Å². The second-order valence-electron chi connectivity index (χ2n) is 3.98. The highest BCUT2D eigenvalue weighted by Gasteiger charge is 2.24. The van der Waals surface area contributed by atoms with E-state index >= 15 is 0 Å². The Labute approximate surface area is 116 Å². The van der Waals surface area contributed by atoms with Gasteiger partial charge in [0.2, 0.25) is 10.0 Å². The standard InChI is InChI=1S/C11H13N3O5S/c1-8(5-6-12)13-20(17,18)11-7-9(14(15)16)3-4-10(11)19-2/h3-4,7-8,13H,5H2,1-2H3. The van der Waals surface area contributed by atoms with Crippen molar-refractivity contribution in [3.63, 3.8) is 0 Å². The van der Waals surface area contributed by atoms with Gasteiger partial charge in [-0.25, -0.2) is 13.1 Å². The van der Waals surface area contributed by atoms with E-state index in [2.05, 4.69) is 4.72 Å². The minimum Gasteiger partial charge on any atom is -0.495 e. The molecular weight excluding hydrogens is 286 g/mol. The molecule has 0 spiro atoms. The van der Waals surface area contributed by atoms with E-state index in [1.165, 1.54) is 20.1 Å². The third-order valence-electron chi connectivity index (χ3n) is 2.40. The van der Waals surface area contributed by atoms with Crippen molar-refractivity contribution in [1.29, 1.82) is 5.26 Å². The average molecular weight is 299 g/mol. The van der Waals surface area contributed by atoms with Crippen LogP contribution in [0.15, 0.2) is 23.1 Å². The van der Waals surface area contributed by atoms with Gasteiger partial charge in [0.15, 0.2) is 0 Å². The molecule has 0 amide bonds. The van der Waals surface area contributed by atoms with Gasteiger partial charge in [-0.1, -0.05) is 0 Å². The normalized spacial score (nSPS) is 12.4. The van der Waals surface area contributed by atoms with E-state index in [-0.39, 0.29) is 22.8 Å². The highest BCUT2D eigenvalue weighted by molar-refractivity contribution is 7.89. The fraction of sp³-hybridized carbons (Fsp3) is 0.364. The van der Waals surface area contributed by atoms with E-state index in [4.69, 9.17) is 10.00 Å². The van der Waals surface area contributed by atoms with Crippen LogP contribution in [0.5, 0.6) is 5.75 Å². The summed E-state index contributed by atoms with van der Waals surface area (Å²) in [6, 6.07) is 4.49. The molecule has 0 aliphatic heterocycles. The molecule has 0 saturated carbocycles. The first kappa shape index (κ1) is 15.9. The Hall–Kier alpha value is -2.18. The van der Waals surface area contributed by atoms with E-state index in [0.29, 0.717) is 0 Å². The van der Waals surface area contributed by atoms with Crippen molar-refractivity contribution < 1.29 is 18.1 Å². The molecule has 1 N–H and O–H groups in total. The van der Waals surface area contributed by atoms with Gasteiger partial charge in [-0.2, -0.15) is 5.26 Å². The number of sulfonamides is 1. The molecule has 9 heteroatoms. The van der Waals surface area contributed by atoms with Crippen molar-refractivity contribution in [2.24, 2.45) is 0 Å². The maximum atomic E-state index is 12.1. The monoisotopic (exact) mass is 299 g/mol. The summed E-state index contributed by atoms with van der Waals surface area (Å²) in [4.78, 5) is 9.68. The zero-order valence-corrected chi connectivity index (χ0v) is 11.7. The molecule has 0 fully saturated rings. The molecule has 1 unspecified atom stereocenters. The molecule has 8 nitrogen and oxygen atoms in total. The molecule has 0 aliphatic carbocycles. The van der Waals surface area contributed by atoms with Crippen LogP contribution >= 0.6 is 0 Å². The molecule has 20 heavy (non-hydrogen) atoms. The van der Waals surface area contributed by atoms with Crippen molar-refractivity contribution in [3.8, 4) is 11.8 Å². The molecule has 108 valence electrons. The third kappa shape index (κ3) is 3.66. The fourth-order valence-corrected chi connectivity index (χ4v) is 2.93. The Morgan fingerprint density at radius 3 is 2.70 bits per heavy atom. The Bertz CT molecular complexity index is 651. The number of nitriles is 1. The van der Waals surface area contributed by atoms with Crippen LogP contribution in [0.3, 0.4) is 0 Å². The van der Waals surface area contributed by atoms with Gasteiger partial charge in [-0.05, 0) is 13.0 Å². The maximum absolute atomic E-state index is 12.1. The zero-order chi connectivity index (χ0) is 15.3. The molecule has 1 rings (SSSR count). The van der Waals surface area contributed by atoms with Gasteiger partial charge in [0.25, 0.3) is 5.69 Å². The topological polar surface area (TPSA) is 122 Å². The van der Waals surface area contributed by atoms with Crippen LogP contribution in [0.4, 0.5) is 5.69 Å². The number of hydrogen-bond donors (Lipinski definition) is 1. The van der Waals surface area contributed by atoms with E-state index in [1.54, 1.807) is 0 Å². The summed E-state index contributed by atoms with van der Waals surface area (Å²) in [5.41, 5.74) is -0.362. The summed E-state index contributed by atoms with van der Waals surface area (Å²) in [5, 5.41) is 19.2. The summed E-state index contributed by atoms with van der Waals surface area (Å²) in [6.45, 7) is 1.52. The number of nitrogens with zero attached hydrogens (tertiary/aromatic N) is 2. The molecular formula is C11H13N3O5S. The maximum Gasteiger partial charge on any atom is 0.271 e. The minimum absolute atomic E-state index is 0.00717. The molecule has 1 atom stereocenters. The van der Waals surface area contributed by atoms with Crippen molar-refractivity contribution in [2.75, 3.05) is 7.11 Å². The van der Waals surface area contributed by atoms with Gasteiger partial charge in [-0.3, -0.25) is 10.1 Å². The van der Waals surface area contributed by atoms with Gasteiger partial charge >= 0.3 is 0 Å². The predicted octanol–water partition coefficient (Wildman–Crippen LogP) is 1.18. The van der Waals surface area contributed by atoms with E-state index in [1.807, 2.05) is 6.07 Å². The molecule has 0 heterocycles. The lowest BCUT2D eigenvalue weighted by molar-refractivity contribution is -0.385. The van der Waals surface area contributed by atoms with Crippen LogP contribution < -0.4 is 9.46 Å². The van der Waals surface area contributed by atoms with Crippen LogP contribution in [0.2, 0.25) is 0 Å².